The van der Waals surface area contributed by atoms with Gasteiger partial charge in [0.15, 0.2) is 23.8 Å². The molecule has 1 aliphatic heterocycles. The standard InChI is InChI=1S/C40H45F2NO6S/c1-24(44)49-21-35(48)39-23-43(19-25-5-7-26(8-6-25)22-50-30-11-9-28(45)10-12-30)20-27(39)17-37(3)33-16-32(41)31-15-29(46)13-14-36(31,2)40(33,42)34(47)18-38(37,39)4/h5-15,27,32-34,45,47H,16-23H2,1-4H3/t27-,32-,33-,34-,36-,37-,38-,39+,40-/m0/s1. The molecule has 2 aromatic rings. The van der Waals surface area contributed by atoms with E-state index in [2.05, 4.69) is 29.2 Å². The molecule has 1 saturated heterocycles. The Kier molecular flexibility index (Phi) is 8.51. The van der Waals surface area contributed by atoms with Crippen LogP contribution in [0.1, 0.15) is 58.1 Å². The molecule has 2 N–H and O–H groups in total. The van der Waals surface area contributed by atoms with Crippen molar-refractivity contribution >= 4 is 29.3 Å². The molecule has 4 aliphatic carbocycles. The maximum absolute atomic E-state index is 18.0. The van der Waals surface area contributed by atoms with Crippen molar-refractivity contribution in [1.29, 1.82) is 0 Å². The number of alkyl halides is 2. The zero-order chi connectivity index (χ0) is 35.9. The van der Waals surface area contributed by atoms with Gasteiger partial charge in [0, 0.05) is 48.5 Å². The molecule has 10 heteroatoms. The number of phenolic OH excluding ortho intramolecular Hbond substituents is 1. The van der Waals surface area contributed by atoms with Gasteiger partial charge in [-0.05, 0) is 96.1 Å². The molecule has 9 atom stereocenters. The van der Waals surface area contributed by atoms with E-state index in [9.17, 15) is 24.6 Å². The minimum absolute atomic E-state index is 0.0261. The van der Waals surface area contributed by atoms with Crippen molar-refractivity contribution in [3.05, 3.63) is 83.5 Å². The van der Waals surface area contributed by atoms with E-state index in [0.717, 1.165) is 21.8 Å². The summed E-state index contributed by atoms with van der Waals surface area (Å²) < 4.78 is 39.5. The Morgan fingerprint density at radius 2 is 1.72 bits per heavy atom. The van der Waals surface area contributed by atoms with Gasteiger partial charge in [-0.25, -0.2) is 8.78 Å². The average molecular weight is 706 g/mol. The van der Waals surface area contributed by atoms with Crippen molar-refractivity contribution < 1.29 is 38.1 Å². The molecule has 7 nitrogen and oxygen atoms in total. The van der Waals surface area contributed by atoms with Crippen LogP contribution in [0, 0.1) is 33.5 Å². The third kappa shape index (κ3) is 4.99. The molecule has 0 bridgehead atoms. The minimum Gasteiger partial charge on any atom is -0.508 e. The molecule has 0 spiro atoms. The van der Waals surface area contributed by atoms with Gasteiger partial charge in [0.05, 0.1) is 11.5 Å². The van der Waals surface area contributed by atoms with Crippen LogP contribution in [0.3, 0.4) is 0 Å². The molecule has 4 fully saturated rings. The van der Waals surface area contributed by atoms with Crippen LogP contribution in [0.5, 0.6) is 5.75 Å². The first kappa shape index (κ1) is 35.1. The number of rotatable bonds is 8. The number of halogens is 2. The molecule has 5 aliphatic rings. The second-order valence-electron chi connectivity index (χ2n) is 15.9. The highest BCUT2D eigenvalue weighted by atomic mass is 32.2. The van der Waals surface area contributed by atoms with Crippen LogP contribution < -0.4 is 0 Å². The van der Waals surface area contributed by atoms with Gasteiger partial charge in [-0.1, -0.05) is 44.2 Å². The van der Waals surface area contributed by atoms with Crippen molar-refractivity contribution in [3.8, 4) is 5.75 Å². The molecular formula is C40H45F2NO6S. The largest absolute Gasteiger partial charge is 0.508 e. The molecule has 0 amide bonds. The Labute approximate surface area is 296 Å². The Morgan fingerprint density at radius 1 is 1.04 bits per heavy atom. The van der Waals surface area contributed by atoms with Crippen molar-refractivity contribution in [2.75, 3.05) is 19.7 Å². The van der Waals surface area contributed by atoms with Crippen LogP contribution >= 0.6 is 11.8 Å². The summed E-state index contributed by atoms with van der Waals surface area (Å²) in [5.74, 6) is -1.36. The quantitative estimate of drug-likeness (QED) is 0.236. The van der Waals surface area contributed by atoms with Gasteiger partial charge in [-0.15, -0.1) is 11.8 Å². The molecule has 7 rings (SSSR count). The number of ketones is 2. The van der Waals surface area contributed by atoms with Crippen molar-refractivity contribution in [2.24, 2.45) is 33.5 Å². The van der Waals surface area contributed by atoms with Crippen molar-refractivity contribution in [1.82, 2.24) is 4.90 Å². The van der Waals surface area contributed by atoms with Crippen LogP contribution in [-0.4, -0.2) is 70.3 Å². The minimum atomic E-state index is -2.26. The SMILES string of the molecule is CC(=O)OCC(=O)[C@@]12CN(Cc3ccc(CSc4ccc(O)cc4)cc3)C[C@@H]1C[C@@]1(C)[C@@H]3C[C@H](F)C4=CC(=O)C=C[C@]4(C)[C@@]3(F)[C@@H](O)C[C@@]12C. The number of hydrogen-bond donors (Lipinski definition) is 2. The van der Waals surface area contributed by atoms with E-state index >= 15 is 8.78 Å². The Balaban J connectivity index is 1.18. The van der Waals surface area contributed by atoms with Crippen LogP contribution in [0.15, 0.2) is 77.2 Å². The maximum Gasteiger partial charge on any atom is 0.303 e. The van der Waals surface area contributed by atoms with E-state index in [1.165, 1.54) is 25.2 Å². The lowest BCUT2D eigenvalue weighted by atomic mass is 9.38. The number of esters is 1. The number of thioether (sulfide) groups is 1. The number of likely N-dealkylation sites (tertiary alicyclic amines) is 1. The Hall–Kier alpha value is -3.34. The van der Waals surface area contributed by atoms with Gasteiger partial charge in [0.25, 0.3) is 0 Å². The van der Waals surface area contributed by atoms with Crippen molar-refractivity contribution in [3.63, 3.8) is 0 Å². The van der Waals surface area contributed by atoms with E-state index < -0.39 is 63.9 Å². The highest BCUT2D eigenvalue weighted by molar-refractivity contribution is 7.98. The predicted octanol–water partition coefficient (Wildman–Crippen LogP) is 6.55. The third-order valence-electron chi connectivity index (χ3n) is 13.6. The summed E-state index contributed by atoms with van der Waals surface area (Å²) >= 11 is 1.68. The van der Waals surface area contributed by atoms with Gasteiger partial charge < -0.3 is 14.9 Å². The number of aromatic hydroxyl groups is 1. The molecule has 0 unspecified atom stereocenters. The summed E-state index contributed by atoms with van der Waals surface area (Å²) in [6.45, 7) is 7.84. The molecule has 2 aromatic carbocycles. The van der Waals surface area contributed by atoms with Gasteiger partial charge >= 0.3 is 5.97 Å². The van der Waals surface area contributed by atoms with E-state index in [1.54, 1.807) is 30.8 Å². The number of fused-ring (bicyclic) bond motifs is 7. The van der Waals surface area contributed by atoms with E-state index in [1.807, 2.05) is 26.0 Å². The summed E-state index contributed by atoms with van der Waals surface area (Å²) in [6.07, 6.45) is 1.05. The van der Waals surface area contributed by atoms with Gasteiger partial charge in [-0.2, -0.15) is 0 Å². The number of allylic oxidation sites excluding steroid dienone is 4. The average Bonchev–Trinajstić information content (AvgIpc) is 3.52. The molecule has 0 radical (unpaired) electrons. The Morgan fingerprint density at radius 3 is 2.40 bits per heavy atom. The maximum atomic E-state index is 18.0. The normalized spacial score (nSPS) is 38.9. The van der Waals surface area contributed by atoms with Crippen LogP contribution in [0.4, 0.5) is 8.78 Å². The fourth-order valence-corrected chi connectivity index (χ4v) is 11.8. The topological polar surface area (TPSA) is 104 Å². The first-order valence-electron chi connectivity index (χ1n) is 17.4. The fourth-order valence-electron chi connectivity index (χ4n) is 11.0. The molecule has 3 saturated carbocycles. The van der Waals surface area contributed by atoms with E-state index in [0.29, 0.717) is 26.1 Å². The zero-order valence-corrected chi connectivity index (χ0v) is 29.8. The number of carbonyl (C=O) groups excluding carboxylic acids is 3. The molecule has 50 heavy (non-hydrogen) atoms. The first-order valence-corrected chi connectivity index (χ1v) is 18.4. The lowest BCUT2D eigenvalue weighted by Gasteiger charge is -2.67. The fraction of sp³-hybridized carbons (Fsp3) is 0.525. The lowest BCUT2D eigenvalue weighted by molar-refractivity contribution is -0.242. The predicted molar refractivity (Wildman–Crippen MR) is 186 cm³/mol. The number of Topliss-reactive ketones (excluding diaryl/α,β-unsaturated/α-hetero) is 1. The van der Waals surface area contributed by atoms with Gasteiger partial charge in [0.1, 0.15) is 11.9 Å². The van der Waals surface area contributed by atoms with Crippen LogP contribution in [0.2, 0.25) is 0 Å². The van der Waals surface area contributed by atoms with Crippen molar-refractivity contribution in [2.45, 2.75) is 82.1 Å². The summed E-state index contributed by atoms with van der Waals surface area (Å²) in [6, 6.07) is 15.5. The molecule has 266 valence electrons. The number of aliphatic hydroxyl groups excluding tert-OH is 1. The smallest absolute Gasteiger partial charge is 0.303 e. The molecule has 1 heterocycles. The lowest BCUT2D eigenvalue weighted by Crippen LogP contribution is -2.72. The first-order chi connectivity index (χ1) is 23.6. The monoisotopic (exact) mass is 705 g/mol. The number of aliphatic hydroxyl groups is 1. The Bertz CT molecular complexity index is 1780. The van der Waals surface area contributed by atoms with Crippen LogP contribution in [0.25, 0.3) is 0 Å². The summed E-state index contributed by atoms with van der Waals surface area (Å²) in [4.78, 5) is 42.0. The molecule has 0 aromatic heterocycles. The summed E-state index contributed by atoms with van der Waals surface area (Å²) in [7, 11) is 0. The third-order valence-corrected chi connectivity index (χ3v) is 14.6. The number of ether oxygens (including phenoxy) is 1. The van der Waals surface area contributed by atoms with E-state index in [-0.39, 0.29) is 35.9 Å². The number of hydrogen-bond acceptors (Lipinski definition) is 8. The number of nitrogens with zero attached hydrogens (tertiary/aromatic N) is 1. The van der Waals surface area contributed by atoms with Crippen LogP contribution in [-0.2, 0) is 31.4 Å². The number of phenols is 1. The van der Waals surface area contributed by atoms with Gasteiger partial charge in [0.2, 0.25) is 0 Å². The highest BCUT2D eigenvalue weighted by Gasteiger charge is 2.82. The van der Waals surface area contributed by atoms with Gasteiger partial charge in [-0.3, -0.25) is 19.3 Å². The number of benzene rings is 2. The highest BCUT2D eigenvalue weighted by Crippen LogP contribution is 2.79. The summed E-state index contributed by atoms with van der Waals surface area (Å²) in [5.41, 5.74) is -4.37. The van der Waals surface area contributed by atoms with E-state index in [4.69, 9.17) is 4.74 Å². The second kappa shape index (κ2) is 12.1. The molecular weight excluding hydrogens is 661 g/mol. The zero-order valence-electron chi connectivity index (χ0n) is 29.0. The number of carbonyl (C=O) groups is 3. The summed E-state index contributed by atoms with van der Waals surface area (Å²) in [5, 5.41) is 21.5. The second-order valence-corrected chi connectivity index (χ2v) is 16.9.